The zero-order valence-corrected chi connectivity index (χ0v) is 17.8. The summed E-state index contributed by atoms with van der Waals surface area (Å²) in [5, 5.41) is 10.8. The SMILES string of the molecule is Cc1ccc(NC(=O)c2ccn(C3CCCNC3)n2)c(OCc2ccccc2)c1.Cl. The van der Waals surface area contributed by atoms with Gasteiger partial charge < -0.3 is 15.4 Å². The van der Waals surface area contributed by atoms with E-state index in [1.54, 1.807) is 6.07 Å². The van der Waals surface area contributed by atoms with E-state index in [4.69, 9.17) is 4.74 Å². The molecule has 1 unspecified atom stereocenters. The molecule has 1 fully saturated rings. The van der Waals surface area contributed by atoms with E-state index in [1.807, 2.05) is 66.3 Å². The number of anilines is 1. The van der Waals surface area contributed by atoms with Crippen LogP contribution in [0.1, 0.15) is 40.5 Å². The molecule has 1 aliphatic rings. The molecule has 1 amide bonds. The van der Waals surface area contributed by atoms with Gasteiger partial charge in [0.05, 0.1) is 11.7 Å². The lowest BCUT2D eigenvalue weighted by Gasteiger charge is -2.22. The largest absolute Gasteiger partial charge is 0.487 e. The fourth-order valence-electron chi connectivity index (χ4n) is 3.50. The van der Waals surface area contributed by atoms with E-state index in [-0.39, 0.29) is 18.3 Å². The van der Waals surface area contributed by atoms with Crippen LogP contribution in [0.2, 0.25) is 0 Å². The third-order valence-electron chi connectivity index (χ3n) is 5.11. The number of aromatic nitrogens is 2. The summed E-state index contributed by atoms with van der Waals surface area (Å²) in [4.78, 5) is 12.8. The van der Waals surface area contributed by atoms with E-state index < -0.39 is 0 Å². The Kier molecular flexibility index (Phi) is 7.49. The van der Waals surface area contributed by atoms with E-state index in [2.05, 4.69) is 15.7 Å². The van der Waals surface area contributed by atoms with Crippen LogP contribution in [0, 0.1) is 6.92 Å². The first-order valence-electron chi connectivity index (χ1n) is 10.0. The number of nitrogens with zero attached hydrogens (tertiary/aromatic N) is 2. The fraction of sp³-hybridized carbons (Fsp3) is 0.304. The van der Waals surface area contributed by atoms with Gasteiger partial charge in [0.15, 0.2) is 5.69 Å². The Labute approximate surface area is 183 Å². The van der Waals surface area contributed by atoms with Crippen molar-refractivity contribution < 1.29 is 9.53 Å². The highest BCUT2D eigenvalue weighted by atomic mass is 35.5. The summed E-state index contributed by atoms with van der Waals surface area (Å²) in [6, 6.07) is 17.8. The maximum Gasteiger partial charge on any atom is 0.276 e. The minimum atomic E-state index is -0.235. The van der Waals surface area contributed by atoms with E-state index in [1.165, 1.54) is 0 Å². The molecule has 1 saturated heterocycles. The number of amides is 1. The second-order valence-corrected chi connectivity index (χ2v) is 7.41. The Hall–Kier alpha value is -2.83. The first kappa shape index (κ1) is 21.9. The summed E-state index contributed by atoms with van der Waals surface area (Å²) in [5.41, 5.74) is 3.20. The molecule has 6 nitrogen and oxygen atoms in total. The Morgan fingerprint density at radius 1 is 1.23 bits per heavy atom. The van der Waals surface area contributed by atoms with Crippen molar-refractivity contribution in [1.29, 1.82) is 0 Å². The summed E-state index contributed by atoms with van der Waals surface area (Å²) >= 11 is 0. The topological polar surface area (TPSA) is 68.2 Å². The number of carbonyl (C=O) groups excluding carboxylic acids is 1. The second kappa shape index (κ2) is 10.3. The standard InChI is InChI=1S/C23H26N4O2.ClH/c1-17-9-10-20(22(14-17)29-16-18-6-3-2-4-7-18)25-23(28)21-11-13-27(26-21)19-8-5-12-24-15-19;/h2-4,6-7,9-11,13-14,19,24H,5,8,12,15-16H2,1H3,(H,25,28);1H. The first-order valence-corrected chi connectivity index (χ1v) is 10.0. The van der Waals surface area contributed by atoms with Crippen LogP contribution in [0.3, 0.4) is 0 Å². The van der Waals surface area contributed by atoms with Gasteiger partial charge in [0.2, 0.25) is 0 Å². The molecule has 3 aromatic rings. The van der Waals surface area contributed by atoms with Crippen LogP contribution in [0.15, 0.2) is 60.8 Å². The average molecular weight is 427 g/mol. The van der Waals surface area contributed by atoms with Gasteiger partial charge in [-0.15, -0.1) is 12.4 Å². The van der Waals surface area contributed by atoms with E-state index in [0.717, 1.165) is 37.1 Å². The van der Waals surface area contributed by atoms with Crippen molar-refractivity contribution in [2.75, 3.05) is 18.4 Å². The van der Waals surface area contributed by atoms with Gasteiger partial charge >= 0.3 is 0 Å². The maximum atomic E-state index is 12.8. The predicted octanol–water partition coefficient (Wildman–Crippen LogP) is 4.37. The van der Waals surface area contributed by atoms with Gasteiger partial charge in [-0.3, -0.25) is 9.48 Å². The molecular weight excluding hydrogens is 400 g/mol. The molecule has 0 aliphatic carbocycles. The number of halogens is 1. The van der Waals surface area contributed by atoms with E-state index in [9.17, 15) is 4.79 Å². The smallest absolute Gasteiger partial charge is 0.276 e. The monoisotopic (exact) mass is 426 g/mol. The third-order valence-corrected chi connectivity index (χ3v) is 5.11. The van der Waals surface area contributed by atoms with E-state index in [0.29, 0.717) is 29.8 Å². The summed E-state index contributed by atoms with van der Waals surface area (Å²) in [7, 11) is 0. The van der Waals surface area contributed by atoms with Gasteiger partial charge in [0, 0.05) is 12.7 Å². The molecule has 1 aliphatic heterocycles. The summed E-state index contributed by atoms with van der Waals surface area (Å²) in [5.74, 6) is 0.416. The zero-order valence-electron chi connectivity index (χ0n) is 17.0. The number of ether oxygens (including phenoxy) is 1. The average Bonchev–Trinajstić information content (AvgIpc) is 3.26. The number of hydrogen-bond donors (Lipinski definition) is 2. The van der Waals surface area contributed by atoms with Crippen LogP contribution in [0.4, 0.5) is 5.69 Å². The first-order chi connectivity index (χ1) is 14.2. The normalized spacial score (nSPS) is 15.8. The molecule has 0 saturated carbocycles. The third kappa shape index (κ3) is 5.40. The molecule has 1 atom stereocenters. The van der Waals surface area contributed by atoms with Gasteiger partial charge in [0.25, 0.3) is 5.91 Å². The van der Waals surface area contributed by atoms with Gasteiger partial charge in [0.1, 0.15) is 12.4 Å². The van der Waals surface area contributed by atoms with Crippen molar-refractivity contribution in [2.24, 2.45) is 0 Å². The maximum absolute atomic E-state index is 12.8. The van der Waals surface area contributed by atoms with Crippen molar-refractivity contribution in [2.45, 2.75) is 32.4 Å². The van der Waals surface area contributed by atoms with Gasteiger partial charge in [-0.25, -0.2) is 0 Å². The fourth-order valence-corrected chi connectivity index (χ4v) is 3.50. The van der Waals surface area contributed by atoms with Gasteiger partial charge in [-0.2, -0.15) is 5.10 Å². The minimum absolute atomic E-state index is 0. The quantitative estimate of drug-likeness (QED) is 0.614. The van der Waals surface area contributed by atoms with Gasteiger partial charge in [-0.1, -0.05) is 36.4 Å². The van der Waals surface area contributed by atoms with Crippen molar-refractivity contribution >= 4 is 24.0 Å². The number of carbonyl (C=O) groups is 1. The molecule has 4 rings (SSSR count). The molecule has 30 heavy (non-hydrogen) atoms. The van der Waals surface area contributed by atoms with E-state index >= 15 is 0 Å². The number of benzene rings is 2. The Morgan fingerprint density at radius 2 is 2.07 bits per heavy atom. The minimum Gasteiger partial charge on any atom is -0.487 e. The lowest BCUT2D eigenvalue weighted by molar-refractivity contribution is 0.102. The molecule has 2 aromatic carbocycles. The van der Waals surface area contributed by atoms with Crippen LogP contribution in [0.5, 0.6) is 5.75 Å². The van der Waals surface area contributed by atoms with Crippen molar-refractivity contribution in [3.63, 3.8) is 0 Å². The van der Waals surface area contributed by atoms with Crippen LogP contribution in [0.25, 0.3) is 0 Å². The second-order valence-electron chi connectivity index (χ2n) is 7.41. The lowest BCUT2D eigenvalue weighted by atomic mass is 10.1. The summed E-state index contributed by atoms with van der Waals surface area (Å²) < 4.78 is 7.88. The van der Waals surface area contributed by atoms with Crippen molar-refractivity contribution in [1.82, 2.24) is 15.1 Å². The highest BCUT2D eigenvalue weighted by Gasteiger charge is 2.18. The lowest BCUT2D eigenvalue weighted by Crippen LogP contribution is -2.32. The van der Waals surface area contributed by atoms with Crippen LogP contribution < -0.4 is 15.4 Å². The molecule has 2 heterocycles. The molecular formula is C23H27ClN4O2. The summed E-state index contributed by atoms with van der Waals surface area (Å²) in [6.07, 6.45) is 4.08. The van der Waals surface area contributed by atoms with Crippen LogP contribution >= 0.6 is 12.4 Å². The number of rotatable bonds is 6. The molecule has 2 N–H and O–H groups in total. The number of hydrogen-bond acceptors (Lipinski definition) is 4. The Bertz CT molecular complexity index is 968. The van der Waals surface area contributed by atoms with Crippen LogP contribution in [-0.2, 0) is 6.61 Å². The van der Waals surface area contributed by atoms with Crippen molar-refractivity contribution in [3.8, 4) is 5.75 Å². The molecule has 0 radical (unpaired) electrons. The number of piperidine rings is 1. The molecule has 0 bridgehead atoms. The van der Waals surface area contributed by atoms with Crippen LogP contribution in [-0.4, -0.2) is 28.8 Å². The zero-order chi connectivity index (χ0) is 20.1. The molecule has 7 heteroatoms. The highest BCUT2D eigenvalue weighted by molar-refractivity contribution is 6.03. The van der Waals surface area contributed by atoms with Crippen molar-refractivity contribution in [3.05, 3.63) is 77.6 Å². The molecule has 158 valence electrons. The predicted molar refractivity (Wildman–Crippen MR) is 121 cm³/mol. The number of nitrogens with one attached hydrogen (secondary N) is 2. The molecule has 1 aromatic heterocycles. The Balaban J connectivity index is 0.00000256. The molecule has 0 spiro atoms. The summed E-state index contributed by atoms with van der Waals surface area (Å²) in [6.45, 7) is 4.37. The Morgan fingerprint density at radius 3 is 2.83 bits per heavy atom. The highest BCUT2D eigenvalue weighted by Crippen LogP contribution is 2.27. The number of aryl methyl sites for hydroxylation is 1. The van der Waals surface area contributed by atoms with Gasteiger partial charge in [-0.05, 0) is 55.6 Å².